The second kappa shape index (κ2) is 6.51. The first-order valence-electron chi connectivity index (χ1n) is 8.45. The van der Waals surface area contributed by atoms with Gasteiger partial charge in [0.2, 0.25) is 10.0 Å². The Labute approximate surface area is 138 Å². The molecule has 1 aliphatic heterocycles. The zero-order valence-corrected chi connectivity index (χ0v) is 14.4. The summed E-state index contributed by atoms with van der Waals surface area (Å²) < 4.78 is 25.9. The van der Waals surface area contributed by atoms with E-state index in [0.29, 0.717) is 12.1 Å². The summed E-state index contributed by atoms with van der Waals surface area (Å²) in [6, 6.07) is 5.67. The van der Waals surface area contributed by atoms with Crippen LogP contribution < -0.4 is 9.62 Å². The van der Waals surface area contributed by atoms with Crippen LogP contribution in [0.3, 0.4) is 0 Å². The SMILES string of the molecule is CCS(=O)(=O)N1CCCc2cc(C(=O)NC3CCCC3)ccc21. The van der Waals surface area contributed by atoms with Gasteiger partial charge in [-0.25, -0.2) is 8.42 Å². The number of anilines is 1. The minimum Gasteiger partial charge on any atom is -0.349 e. The van der Waals surface area contributed by atoms with E-state index < -0.39 is 10.0 Å². The smallest absolute Gasteiger partial charge is 0.251 e. The molecule has 1 aromatic carbocycles. The maximum atomic E-state index is 12.4. The Morgan fingerprint density at radius 2 is 2.00 bits per heavy atom. The highest BCUT2D eigenvalue weighted by molar-refractivity contribution is 7.92. The lowest BCUT2D eigenvalue weighted by molar-refractivity contribution is 0.0938. The number of benzene rings is 1. The number of amides is 1. The molecule has 1 saturated carbocycles. The fourth-order valence-corrected chi connectivity index (χ4v) is 4.68. The molecule has 6 heteroatoms. The van der Waals surface area contributed by atoms with Crippen molar-refractivity contribution < 1.29 is 13.2 Å². The molecule has 23 heavy (non-hydrogen) atoms. The summed E-state index contributed by atoms with van der Waals surface area (Å²) in [5, 5.41) is 3.08. The predicted molar refractivity (Wildman–Crippen MR) is 91.3 cm³/mol. The number of nitrogens with zero attached hydrogens (tertiary/aromatic N) is 1. The number of rotatable bonds is 4. The second-order valence-corrected chi connectivity index (χ2v) is 8.56. The van der Waals surface area contributed by atoms with Gasteiger partial charge < -0.3 is 5.32 Å². The number of carbonyl (C=O) groups is 1. The van der Waals surface area contributed by atoms with Gasteiger partial charge in [0.25, 0.3) is 5.91 Å². The number of hydrogen-bond acceptors (Lipinski definition) is 3. The Hall–Kier alpha value is -1.56. The Morgan fingerprint density at radius 3 is 2.70 bits per heavy atom. The summed E-state index contributed by atoms with van der Waals surface area (Å²) >= 11 is 0. The van der Waals surface area contributed by atoms with E-state index in [1.807, 2.05) is 6.07 Å². The van der Waals surface area contributed by atoms with Gasteiger partial charge in [0.05, 0.1) is 11.4 Å². The topological polar surface area (TPSA) is 66.5 Å². The van der Waals surface area contributed by atoms with E-state index in [9.17, 15) is 13.2 Å². The third-order valence-electron chi connectivity index (χ3n) is 4.81. The molecule has 1 heterocycles. The molecule has 3 rings (SSSR count). The van der Waals surface area contributed by atoms with Crippen molar-refractivity contribution in [3.63, 3.8) is 0 Å². The molecule has 1 amide bonds. The van der Waals surface area contributed by atoms with E-state index in [4.69, 9.17) is 0 Å². The fourth-order valence-electron chi connectivity index (χ4n) is 3.49. The first kappa shape index (κ1) is 16.3. The number of fused-ring (bicyclic) bond motifs is 1. The van der Waals surface area contributed by atoms with Crippen LogP contribution in [0.5, 0.6) is 0 Å². The van der Waals surface area contributed by atoms with Crippen LogP contribution in [-0.4, -0.2) is 32.7 Å². The number of aryl methyl sites for hydroxylation is 1. The summed E-state index contributed by atoms with van der Waals surface area (Å²) in [6.07, 6.45) is 6.08. The van der Waals surface area contributed by atoms with Gasteiger partial charge in [-0.15, -0.1) is 0 Å². The molecule has 0 saturated heterocycles. The molecule has 1 aromatic rings. The lowest BCUT2D eigenvalue weighted by Crippen LogP contribution is -2.37. The maximum absolute atomic E-state index is 12.4. The van der Waals surface area contributed by atoms with Gasteiger partial charge in [0.1, 0.15) is 0 Å². The van der Waals surface area contributed by atoms with Gasteiger partial charge in [0.15, 0.2) is 0 Å². The Morgan fingerprint density at radius 1 is 1.26 bits per heavy atom. The van der Waals surface area contributed by atoms with Crippen LogP contribution >= 0.6 is 0 Å². The van der Waals surface area contributed by atoms with Gasteiger partial charge >= 0.3 is 0 Å². The van der Waals surface area contributed by atoms with E-state index in [1.165, 1.54) is 17.1 Å². The average molecular weight is 336 g/mol. The van der Waals surface area contributed by atoms with Gasteiger partial charge in [-0.2, -0.15) is 0 Å². The molecule has 1 fully saturated rings. The van der Waals surface area contributed by atoms with E-state index in [0.717, 1.165) is 36.9 Å². The van der Waals surface area contributed by atoms with Crippen molar-refractivity contribution in [2.45, 2.75) is 51.5 Å². The molecular formula is C17H24N2O3S. The number of hydrogen-bond donors (Lipinski definition) is 1. The number of sulfonamides is 1. The fraction of sp³-hybridized carbons (Fsp3) is 0.588. The summed E-state index contributed by atoms with van der Waals surface area (Å²) in [4.78, 5) is 12.4. The summed E-state index contributed by atoms with van der Waals surface area (Å²) in [5.41, 5.74) is 2.31. The van der Waals surface area contributed by atoms with Crippen molar-refractivity contribution in [2.75, 3.05) is 16.6 Å². The predicted octanol–water partition coefficient (Wildman–Crippen LogP) is 2.46. The molecule has 1 aliphatic carbocycles. The lowest BCUT2D eigenvalue weighted by Gasteiger charge is -2.30. The van der Waals surface area contributed by atoms with Gasteiger partial charge in [0, 0.05) is 18.2 Å². The molecular weight excluding hydrogens is 312 g/mol. The van der Waals surface area contributed by atoms with Crippen LogP contribution in [0.4, 0.5) is 5.69 Å². The van der Waals surface area contributed by atoms with E-state index >= 15 is 0 Å². The molecule has 0 bridgehead atoms. The van der Waals surface area contributed by atoms with Crippen LogP contribution in [-0.2, 0) is 16.4 Å². The van der Waals surface area contributed by atoms with E-state index in [-0.39, 0.29) is 17.7 Å². The molecule has 0 atom stereocenters. The summed E-state index contributed by atoms with van der Waals surface area (Å²) in [7, 11) is -3.25. The van der Waals surface area contributed by atoms with Crippen LogP contribution in [0.25, 0.3) is 0 Å². The molecule has 0 radical (unpaired) electrons. The largest absolute Gasteiger partial charge is 0.349 e. The third kappa shape index (κ3) is 3.37. The normalized spacial score (nSPS) is 18.7. The highest BCUT2D eigenvalue weighted by atomic mass is 32.2. The molecule has 126 valence electrons. The van der Waals surface area contributed by atoms with Gasteiger partial charge in [-0.05, 0) is 56.4 Å². The zero-order chi connectivity index (χ0) is 16.4. The molecule has 5 nitrogen and oxygen atoms in total. The minimum absolute atomic E-state index is 0.0461. The van der Waals surface area contributed by atoms with Crippen LogP contribution in [0, 0.1) is 0 Å². The lowest BCUT2D eigenvalue weighted by atomic mass is 10.0. The molecule has 0 unspecified atom stereocenters. The van der Waals surface area contributed by atoms with Gasteiger partial charge in [-0.3, -0.25) is 9.10 Å². The Balaban J connectivity index is 1.83. The van der Waals surface area contributed by atoms with Crippen molar-refractivity contribution in [3.05, 3.63) is 29.3 Å². The van der Waals surface area contributed by atoms with Crippen molar-refractivity contribution in [3.8, 4) is 0 Å². The van der Waals surface area contributed by atoms with Gasteiger partial charge in [-0.1, -0.05) is 12.8 Å². The Kier molecular flexibility index (Phi) is 4.62. The molecule has 0 aromatic heterocycles. The van der Waals surface area contributed by atoms with Crippen molar-refractivity contribution >= 4 is 21.6 Å². The monoisotopic (exact) mass is 336 g/mol. The molecule has 1 N–H and O–H groups in total. The summed E-state index contributed by atoms with van der Waals surface area (Å²) in [5.74, 6) is 0.0475. The van der Waals surface area contributed by atoms with Crippen molar-refractivity contribution in [2.24, 2.45) is 0 Å². The van der Waals surface area contributed by atoms with Crippen LogP contribution in [0.1, 0.15) is 54.9 Å². The number of nitrogens with one attached hydrogen (secondary N) is 1. The van der Waals surface area contributed by atoms with Crippen LogP contribution in [0.15, 0.2) is 18.2 Å². The molecule has 0 spiro atoms. The first-order valence-corrected chi connectivity index (χ1v) is 10.1. The quantitative estimate of drug-likeness (QED) is 0.918. The summed E-state index contributed by atoms with van der Waals surface area (Å²) in [6.45, 7) is 2.18. The van der Waals surface area contributed by atoms with E-state index in [1.54, 1.807) is 19.1 Å². The minimum atomic E-state index is -3.25. The highest BCUT2D eigenvalue weighted by Crippen LogP contribution is 2.30. The maximum Gasteiger partial charge on any atom is 0.251 e. The number of carbonyl (C=O) groups excluding carboxylic acids is 1. The highest BCUT2D eigenvalue weighted by Gasteiger charge is 2.27. The van der Waals surface area contributed by atoms with Crippen molar-refractivity contribution in [1.29, 1.82) is 0 Å². The van der Waals surface area contributed by atoms with E-state index in [2.05, 4.69) is 5.32 Å². The second-order valence-electron chi connectivity index (χ2n) is 6.37. The standard InChI is InChI=1S/C17H24N2O3S/c1-2-23(21,22)19-11-5-6-13-12-14(9-10-16(13)19)17(20)18-15-7-3-4-8-15/h9-10,12,15H,2-8,11H2,1H3,(H,18,20). The molecule has 2 aliphatic rings. The average Bonchev–Trinajstić information content (AvgIpc) is 3.06. The third-order valence-corrected chi connectivity index (χ3v) is 6.59. The zero-order valence-electron chi connectivity index (χ0n) is 13.5. The van der Waals surface area contributed by atoms with Crippen LogP contribution in [0.2, 0.25) is 0 Å². The van der Waals surface area contributed by atoms with Crippen molar-refractivity contribution in [1.82, 2.24) is 5.32 Å². The first-order chi connectivity index (χ1) is 11.0. The Bertz CT molecular complexity index is 694.